The van der Waals surface area contributed by atoms with E-state index in [1.807, 2.05) is 45.0 Å². The molecule has 5 rings (SSSR count). The number of nitrogens with two attached hydrogens (primary N) is 1. The van der Waals surface area contributed by atoms with Crippen LogP contribution in [0.2, 0.25) is 5.02 Å². The number of hydrogen-bond donors (Lipinski definition) is 1. The summed E-state index contributed by atoms with van der Waals surface area (Å²) in [6.45, 7) is 5.96. The summed E-state index contributed by atoms with van der Waals surface area (Å²) in [7, 11) is 3.36. The number of nitrogens with zero attached hydrogens (tertiary/aromatic N) is 6. The van der Waals surface area contributed by atoms with Crippen molar-refractivity contribution in [2.75, 3.05) is 14.1 Å². The van der Waals surface area contributed by atoms with Crippen molar-refractivity contribution in [3.63, 3.8) is 0 Å². The molecule has 0 radical (unpaired) electrons. The molecule has 2 aromatic heterocycles. The lowest BCUT2D eigenvalue weighted by atomic mass is 10.0. The second-order valence-electron chi connectivity index (χ2n) is 9.21. The standard InChI is InChI=1S/C26H24ClF2N5O.C2H6N2.C2H6/c1-3-22(17-6-9-19(27)23(13-17)34-25(24(28)29)30-14-31-34)33(2)26(35)18-8-11-21-16(12-18)7-10-20(32-21)15-4-5-15;1-4-2-3;1-2/h6-15,22,24H,3-5H2,1-2H3;2H,1H3,(H2,3,4);1-2H3/t22-;;/m1../s1. The molecule has 1 fully saturated rings. The molecule has 1 amide bonds. The van der Waals surface area contributed by atoms with Gasteiger partial charge in [-0.2, -0.15) is 5.10 Å². The maximum Gasteiger partial charge on any atom is 0.297 e. The van der Waals surface area contributed by atoms with Gasteiger partial charge in [-0.1, -0.05) is 44.5 Å². The Hall–Kier alpha value is -3.92. The quantitative estimate of drug-likeness (QED) is 0.184. The van der Waals surface area contributed by atoms with Crippen molar-refractivity contribution in [3.8, 4) is 5.69 Å². The Morgan fingerprint density at radius 1 is 1.20 bits per heavy atom. The van der Waals surface area contributed by atoms with E-state index in [4.69, 9.17) is 22.3 Å². The fraction of sp³-hybridized carbons (Fsp3) is 0.367. The Kier molecular flexibility index (Phi) is 11.3. The van der Waals surface area contributed by atoms with Crippen LogP contribution in [0.1, 0.15) is 85.9 Å². The van der Waals surface area contributed by atoms with E-state index in [0.717, 1.165) is 33.2 Å². The number of rotatable bonds is 7. The minimum atomic E-state index is -2.80. The predicted octanol–water partition coefficient (Wildman–Crippen LogP) is 7.14. The van der Waals surface area contributed by atoms with Gasteiger partial charge in [-0.3, -0.25) is 14.8 Å². The molecule has 0 aliphatic heterocycles. The monoisotopic (exact) mass is 583 g/mol. The number of carbonyl (C=O) groups is 1. The molecule has 4 aromatic rings. The highest BCUT2D eigenvalue weighted by Gasteiger charge is 2.26. The molecule has 11 heteroatoms. The third-order valence-corrected chi connectivity index (χ3v) is 6.95. The van der Waals surface area contributed by atoms with Crippen LogP contribution in [0.5, 0.6) is 0 Å². The van der Waals surface area contributed by atoms with Crippen molar-refractivity contribution < 1.29 is 13.6 Å². The van der Waals surface area contributed by atoms with Crippen molar-refractivity contribution in [1.82, 2.24) is 24.6 Å². The van der Waals surface area contributed by atoms with Crippen LogP contribution in [0.25, 0.3) is 16.6 Å². The largest absolute Gasteiger partial charge is 0.390 e. The van der Waals surface area contributed by atoms with Crippen LogP contribution in [-0.4, -0.2) is 51.0 Å². The maximum atomic E-state index is 13.4. The zero-order valence-electron chi connectivity index (χ0n) is 23.9. The van der Waals surface area contributed by atoms with Gasteiger partial charge in [0.1, 0.15) is 6.33 Å². The second kappa shape index (κ2) is 14.6. The molecular formula is C30H36ClF2N7O. The van der Waals surface area contributed by atoms with Crippen LogP contribution in [0.15, 0.2) is 59.9 Å². The molecule has 1 aliphatic rings. The SMILES string of the molecule is CC.CC[C@H](c1ccc(Cl)c(-n2ncnc2C(F)F)c1)N(C)C(=O)c1ccc2nc(C3CC3)ccc2c1.CN=CN. The van der Waals surface area contributed by atoms with Crippen LogP contribution < -0.4 is 5.73 Å². The molecule has 0 spiro atoms. The lowest BCUT2D eigenvalue weighted by Gasteiger charge is -2.28. The number of benzene rings is 2. The highest BCUT2D eigenvalue weighted by atomic mass is 35.5. The zero-order chi connectivity index (χ0) is 30.1. The summed E-state index contributed by atoms with van der Waals surface area (Å²) in [5.74, 6) is -0.0672. The van der Waals surface area contributed by atoms with Crippen LogP contribution in [0.3, 0.4) is 0 Å². The number of halogens is 3. The first-order valence-electron chi connectivity index (χ1n) is 13.6. The maximum absolute atomic E-state index is 13.4. The van der Waals surface area contributed by atoms with Crippen molar-refractivity contribution in [3.05, 3.63) is 82.5 Å². The fourth-order valence-electron chi connectivity index (χ4n) is 4.44. The van der Waals surface area contributed by atoms with Gasteiger partial charge in [-0.15, -0.1) is 0 Å². The Bertz CT molecular complexity index is 1480. The molecule has 8 nitrogen and oxygen atoms in total. The number of aromatic nitrogens is 4. The summed E-state index contributed by atoms with van der Waals surface area (Å²) in [6.07, 6.45) is 2.50. The molecule has 0 saturated heterocycles. The van der Waals surface area contributed by atoms with Gasteiger partial charge in [-0.25, -0.2) is 18.4 Å². The summed E-state index contributed by atoms with van der Waals surface area (Å²) in [5.41, 5.74) is 8.34. The highest BCUT2D eigenvalue weighted by molar-refractivity contribution is 6.32. The molecule has 0 bridgehead atoms. The van der Waals surface area contributed by atoms with Gasteiger partial charge >= 0.3 is 0 Å². The van der Waals surface area contributed by atoms with Gasteiger partial charge in [0.2, 0.25) is 0 Å². The molecule has 2 aromatic carbocycles. The number of amides is 1. The van der Waals surface area contributed by atoms with Crippen molar-refractivity contribution >= 4 is 34.7 Å². The second-order valence-corrected chi connectivity index (χ2v) is 9.61. The summed E-state index contributed by atoms with van der Waals surface area (Å²) in [4.78, 5) is 26.9. The number of fused-ring (bicyclic) bond motifs is 1. The van der Waals surface area contributed by atoms with Gasteiger partial charge in [0.25, 0.3) is 12.3 Å². The fourth-order valence-corrected chi connectivity index (χ4v) is 4.64. The lowest BCUT2D eigenvalue weighted by Crippen LogP contribution is -2.31. The first-order chi connectivity index (χ1) is 19.8. The van der Waals surface area contributed by atoms with E-state index in [-0.39, 0.29) is 17.0 Å². The Labute approximate surface area is 244 Å². The minimum absolute atomic E-state index is 0.143. The number of carbonyl (C=O) groups excluding carboxylic acids is 1. The topological polar surface area (TPSA) is 102 Å². The average Bonchev–Trinajstić information content (AvgIpc) is 3.74. The number of alkyl halides is 2. The van der Waals surface area contributed by atoms with Gasteiger partial charge in [0.15, 0.2) is 5.82 Å². The zero-order valence-corrected chi connectivity index (χ0v) is 24.7. The molecule has 2 heterocycles. The summed E-state index contributed by atoms with van der Waals surface area (Å²) in [6, 6.07) is 14.4. The number of aliphatic imine (C=N–C) groups is 1. The third-order valence-electron chi connectivity index (χ3n) is 6.63. The summed E-state index contributed by atoms with van der Waals surface area (Å²) >= 11 is 6.32. The van der Waals surface area contributed by atoms with Gasteiger partial charge in [0, 0.05) is 36.7 Å². The van der Waals surface area contributed by atoms with Crippen LogP contribution in [0, 0.1) is 0 Å². The molecule has 1 aliphatic carbocycles. The Morgan fingerprint density at radius 2 is 1.90 bits per heavy atom. The third kappa shape index (κ3) is 7.43. The Balaban J connectivity index is 0.000000710. The molecule has 1 saturated carbocycles. The van der Waals surface area contributed by atoms with E-state index in [1.165, 1.54) is 19.2 Å². The van der Waals surface area contributed by atoms with E-state index in [1.54, 1.807) is 43.3 Å². The number of hydrogen-bond acceptors (Lipinski definition) is 5. The van der Waals surface area contributed by atoms with Gasteiger partial charge in [-0.05, 0) is 61.2 Å². The van der Waals surface area contributed by atoms with Crippen LogP contribution in [0.4, 0.5) is 8.78 Å². The molecule has 0 unspecified atom stereocenters. The molecule has 41 heavy (non-hydrogen) atoms. The van der Waals surface area contributed by atoms with E-state index in [0.29, 0.717) is 23.6 Å². The first-order valence-corrected chi connectivity index (χ1v) is 13.9. The predicted molar refractivity (Wildman–Crippen MR) is 160 cm³/mol. The van der Waals surface area contributed by atoms with Crippen molar-refractivity contribution in [1.29, 1.82) is 0 Å². The Morgan fingerprint density at radius 3 is 2.51 bits per heavy atom. The van der Waals surface area contributed by atoms with Crippen LogP contribution in [-0.2, 0) is 0 Å². The van der Waals surface area contributed by atoms with E-state index < -0.39 is 12.2 Å². The normalized spacial score (nSPS) is 13.4. The summed E-state index contributed by atoms with van der Waals surface area (Å²) in [5, 5.41) is 5.11. The molecule has 1 atom stereocenters. The van der Waals surface area contributed by atoms with Gasteiger partial charge in [0.05, 0.1) is 28.6 Å². The summed E-state index contributed by atoms with van der Waals surface area (Å²) < 4.78 is 27.8. The molecule has 218 valence electrons. The van der Waals surface area contributed by atoms with E-state index >= 15 is 0 Å². The van der Waals surface area contributed by atoms with E-state index in [9.17, 15) is 13.6 Å². The first kappa shape index (κ1) is 31.6. The molecular weight excluding hydrogens is 548 g/mol. The van der Waals surface area contributed by atoms with Crippen molar-refractivity contribution in [2.45, 2.75) is 58.4 Å². The number of pyridine rings is 1. The molecule has 2 N–H and O–H groups in total. The highest BCUT2D eigenvalue weighted by Crippen LogP contribution is 2.39. The smallest absolute Gasteiger partial charge is 0.297 e. The van der Waals surface area contributed by atoms with Gasteiger partial charge < -0.3 is 10.6 Å². The lowest BCUT2D eigenvalue weighted by molar-refractivity contribution is 0.0726. The van der Waals surface area contributed by atoms with Crippen molar-refractivity contribution in [2.24, 2.45) is 10.7 Å². The van der Waals surface area contributed by atoms with Crippen LogP contribution >= 0.6 is 11.6 Å². The average molecular weight is 584 g/mol. The van der Waals surface area contributed by atoms with E-state index in [2.05, 4.69) is 15.1 Å². The minimum Gasteiger partial charge on any atom is -0.390 e.